The monoisotopic (exact) mass is 277 g/mol. The zero-order chi connectivity index (χ0) is 14.0. The van der Waals surface area contributed by atoms with E-state index in [4.69, 9.17) is 5.26 Å². The zero-order valence-corrected chi connectivity index (χ0v) is 11.1. The average Bonchev–Trinajstić information content (AvgIpc) is 2.70. The van der Waals surface area contributed by atoms with E-state index >= 15 is 0 Å². The number of aromatic amines is 1. The summed E-state index contributed by atoms with van der Waals surface area (Å²) in [6.45, 7) is 3.55. The van der Waals surface area contributed by atoms with Gasteiger partial charge < -0.3 is 0 Å². The second kappa shape index (κ2) is 4.70. The Labute approximate surface area is 110 Å². The lowest BCUT2D eigenvalue weighted by molar-refractivity contribution is 0.600. The number of nitrogens with zero attached hydrogens (tertiary/aromatic N) is 3. The van der Waals surface area contributed by atoms with Crippen molar-refractivity contribution in [3.63, 3.8) is 0 Å². The van der Waals surface area contributed by atoms with Gasteiger partial charge in [-0.05, 0) is 26.0 Å². The number of aromatic nitrogens is 3. The number of pyridine rings is 1. The van der Waals surface area contributed by atoms with Gasteiger partial charge in [0.2, 0.25) is 0 Å². The van der Waals surface area contributed by atoms with Gasteiger partial charge in [-0.1, -0.05) is 0 Å². The molecule has 0 fully saturated rings. The van der Waals surface area contributed by atoms with Crippen LogP contribution in [0.1, 0.15) is 17.0 Å². The topological polar surface area (TPSA) is 112 Å². The van der Waals surface area contributed by atoms with Crippen molar-refractivity contribution in [1.82, 2.24) is 15.2 Å². The molecular formula is C11H11N5O2S. The molecule has 0 unspecified atom stereocenters. The maximum Gasteiger partial charge on any atom is 0.264 e. The molecule has 0 aliphatic carbocycles. The van der Waals surface area contributed by atoms with Gasteiger partial charge in [-0.2, -0.15) is 10.4 Å². The van der Waals surface area contributed by atoms with Crippen LogP contribution in [-0.4, -0.2) is 23.6 Å². The molecule has 19 heavy (non-hydrogen) atoms. The van der Waals surface area contributed by atoms with Crippen molar-refractivity contribution in [2.45, 2.75) is 18.7 Å². The highest BCUT2D eigenvalue weighted by Gasteiger charge is 2.18. The summed E-state index contributed by atoms with van der Waals surface area (Å²) in [6.07, 6.45) is 1.13. The maximum absolute atomic E-state index is 12.1. The summed E-state index contributed by atoms with van der Waals surface area (Å²) in [6, 6.07) is 4.49. The van der Waals surface area contributed by atoms with Gasteiger partial charge in [0.25, 0.3) is 10.0 Å². The van der Waals surface area contributed by atoms with E-state index in [2.05, 4.69) is 19.9 Å². The minimum absolute atomic E-state index is 0.0217. The predicted octanol–water partition coefficient (Wildman–Crippen LogP) is 1.09. The SMILES string of the molecule is Cc1[nH]nc(NS(=O)(=O)c2ccc(C#N)nc2)c1C. The number of nitriles is 1. The lowest BCUT2D eigenvalue weighted by Gasteiger charge is -2.05. The Bertz CT molecular complexity index is 740. The molecule has 2 N–H and O–H groups in total. The van der Waals surface area contributed by atoms with Crippen molar-refractivity contribution >= 4 is 15.8 Å². The highest BCUT2D eigenvalue weighted by Crippen LogP contribution is 2.18. The minimum atomic E-state index is -3.75. The number of rotatable bonds is 3. The van der Waals surface area contributed by atoms with Crippen LogP contribution in [0.5, 0.6) is 0 Å². The number of H-pyrrole nitrogens is 1. The highest BCUT2D eigenvalue weighted by molar-refractivity contribution is 7.92. The van der Waals surface area contributed by atoms with E-state index in [9.17, 15) is 8.42 Å². The summed E-state index contributed by atoms with van der Waals surface area (Å²) in [7, 11) is -3.75. The molecule has 0 atom stereocenters. The molecule has 0 spiro atoms. The first-order valence-electron chi connectivity index (χ1n) is 5.34. The number of hydrogen-bond donors (Lipinski definition) is 2. The van der Waals surface area contributed by atoms with E-state index in [-0.39, 0.29) is 16.4 Å². The van der Waals surface area contributed by atoms with Crippen molar-refractivity contribution in [2.75, 3.05) is 4.72 Å². The number of hydrogen-bond acceptors (Lipinski definition) is 5. The molecule has 0 radical (unpaired) electrons. The average molecular weight is 277 g/mol. The maximum atomic E-state index is 12.1. The molecule has 98 valence electrons. The first kappa shape index (κ1) is 13.0. The first-order chi connectivity index (χ1) is 8.94. The predicted molar refractivity (Wildman–Crippen MR) is 67.8 cm³/mol. The Hall–Kier alpha value is -2.40. The van der Waals surface area contributed by atoms with Gasteiger partial charge >= 0.3 is 0 Å². The Kier molecular flexibility index (Phi) is 3.23. The summed E-state index contributed by atoms with van der Waals surface area (Å²) >= 11 is 0. The van der Waals surface area contributed by atoms with Crippen LogP contribution in [0.4, 0.5) is 5.82 Å². The Balaban J connectivity index is 2.32. The number of aryl methyl sites for hydroxylation is 1. The normalized spacial score (nSPS) is 11.0. The standard InChI is InChI=1S/C11H11N5O2S/c1-7-8(2)14-15-11(7)16-19(17,18)10-4-3-9(5-12)13-6-10/h3-4,6H,1-2H3,(H2,14,15,16). The fraction of sp³-hybridized carbons (Fsp3) is 0.182. The molecule has 7 nitrogen and oxygen atoms in total. The minimum Gasteiger partial charge on any atom is -0.280 e. The lowest BCUT2D eigenvalue weighted by Crippen LogP contribution is -2.14. The van der Waals surface area contributed by atoms with E-state index in [1.807, 2.05) is 6.07 Å². The van der Waals surface area contributed by atoms with E-state index in [0.717, 1.165) is 17.5 Å². The van der Waals surface area contributed by atoms with Crippen molar-refractivity contribution in [1.29, 1.82) is 5.26 Å². The van der Waals surface area contributed by atoms with Crippen LogP contribution >= 0.6 is 0 Å². The number of anilines is 1. The number of sulfonamides is 1. The molecule has 0 aliphatic rings. The lowest BCUT2D eigenvalue weighted by atomic mass is 10.3. The molecule has 0 aromatic carbocycles. The van der Waals surface area contributed by atoms with Gasteiger partial charge in [0.15, 0.2) is 5.82 Å². The van der Waals surface area contributed by atoms with Crippen LogP contribution < -0.4 is 4.72 Å². The van der Waals surface area contributed by atoms with E-state index in [1.54, 1.807) is 13.8 Å². The highest BCUT2D eigenvalue weighted by atomic mass is 32.2. The first-order valence-corrected chi connectivity index (χ1v) is 6.83. The third kappa shape index (κ3) is 2.56. The van der Waals surface area contributed by atoms with Crippen LogP contribution in [0.15, 0.2) is 23.2 Å². The van der Waals surface area contributed by atoms with Crippen molar-refractivity contribution in [3.8, 4) is 6.07 Å². The van der Waals surface area contributed by atoms with Crippen LogP contribution in [0.25, 0.3) is 0 Å². The van der Waals surface area contributed by atoms with E-state index in [0.29, 0.717) is 0 Å². The van der Waals surface area contributed by atoms with Crippen LogP contribution in [-0.2, 0) is 10.0 Å². The van der Waals surface area contributed by atoms with Gasteiger partial charge in [0.05, 0.1) is 0 Å². The molecule has 8 heteroatoms. The molecule has 0 amide bonds. The van der Waals surface area contributed by atoms with Gasteiger partial charge in [-0.25, -0.2) is 13.4 Å². The summed E-state index contributed by atoms with van der Waals surface area (Å²) in [5.74, 6) is 0.252. The third-order valence-electron chi connectivity index (χ3n) is 2.65. The molecule has 0 bridgehead atoms. The molecule has 0 saturated carbocycles. The third-order valence-corrected chi connectivity index (χ3v) is 3.97. The van der Waals surface area contributed by atoms with Crippen LogP contribution in [0.2, 0.25) is 0 Å². The molecule has 2 aromatic rings. The van der Waals surface area contributed by atoms with Crippen molar-refractivity contribution in [2.24, 2.45) is 0 Å². The molecule has 0 aliphatic heterocycles. The Morgan fingerprint density at radius 3 is 2.58 bits per heavy atom. The van der Waals surface area contributed by atoms with E-state index < -0.39 is 10.0 Å². The Morgan fingerprint density at radius 2 is 2.11 bits per heavy atom. The van der Waals surface area contributed by atoms with Gasteiger partial charge in [-0.15, -0.1) is 0 Å². The van der Waals surface area contributed by atoms with Crippen LogP contribution in [0.3, 0.4) is 0 Å². The zero-order valence-electron chi connectivity index (χ0n) is 10.3. The fourth-order valence-corrected chi connectivity index (χ4v) is 2.39. The smallest absolute Gasteiger partial charge is 0.264 e. The molecule has 2 heterocycles. The molecular weight excluding hydrogens is 266 g/mol. The largest absolute Gasteiger partial charge is 0.280 e. The summed E-state index contributed by atoms with van der Waals surface area (Å²) in [4.78, 5) is 3.70. The summed E-state index contributed by atoms with van der Waals surface area (Å²) in [5.41, 5.74) is 1.67. The molecule has 2 rings (SSSR count). The quantitative estimate of drug-likeness (QED) is 0.872. The van der Waals surface area contributed by atoms with Gasteiger partial charge in [0, 0.05) is 17.5 Å². The number of nitrogens with one attached hydrogen (secondary N) is 2. The summed E-state index contributed by atoms with van der Waals surface area (Å²) in [5, 5.41) is 15.2. The second-order valence-corrected chi connectivity index (χ2v) is 5.60. The Morgan fingerprint density at radius 1 is 1.37 bits per heavy atom. The van der Waals surface area contributed by atoms with Crippen LogP contribution in [0, 0.1) is 25.2 Å². The fourth-order valence-electron chi connectivity index (χ4n) is 1.38. The molecule has 0 saturated heterocycles. The van der Waals surface area contributed by atoms with Gasteiger partial charge in [-0.3, -0.25) is 9.82 Å². The second-order valence-electron chi connectivity index (χ2n) is 3.92. The van der Waals surface area contributed by atoms with Gasteiger partial charge in [0.1, 0.15) is 16.7 Å². The van der Waals surface area contributed by atoms with Crippen molar-refractivity contribution in [3.05, 3.63) is 35.3 Å². The van der Waals surface area contributed by atoms with E-state index in [1.165, 1.54) is 12.1 Å². The molecule has 2 aromatic heterocycles. The van der Waals surface area contributed by atoms with Crippen molar-refractivity contribution < 1.29 is 8.42 Å². The summed E-state index contributed by atoms with van der Waals surface area (Å²) < 4.78 is 26.5.